The van der Waals surface area contributed by atoms with Crippen LogP contribution in [0, 0.1) is 0 Å². The lowest BCUT2D eigenvalue weighted by atomic mass is 10.5. The van der Waals surface area contributed by atoms with Crippen molar-refractivity contribution in [1.82, 2.24) is 19.6 Å². The molecule has 0 unspecified atom stereocenters. The van der Waals surface area contributed by atoms with Crippen molar-refractivity contribution < 1.29 is 4.79 Å². The second kappa shape index (κ2) is 2.95. The van der Waals surface area contributed by atoms with Crippen LogP contribution < -0.4 is 11.1 Å². The van der Waals surface area contributed by atoms with Gasteiger partial charge in [-0.25, -0.2) is 4.98 Å². The number of nitrogens with one attached hydrogen (secondary N) is 1. The summed E-state index contributed by atoms with van der Waals surface area (Å²) >= 11 is 0. The molecule has 7 nitrogen and oxygen atoms in total. The Balaban J connectivity index is 2.53. The quantitative estimate of drug-likeness (QED) is 0.644. The highest BCUT2D eigenvalue weighted by Crippen LogP contribution is 2.10. The Bertz CT molecular complexity index is 490. The molecule has 0 atom stereocenters. The van der Waals surface area contributed by atoms with Gasteiger partial charge in [0.1, 0.15) is 12.1 Å². The maximum atomic E-state index is 10.8. The van der Waals surface area contributed by atoms with Crippen LogP contribution in [-0.4, -0.2) is 25.5 Å². The molecule has 0 fully saturated rings. The molecular weight excluding hydrogens is 184 g/mol. The standard InChI is InChI=1S/C7H8N6O/c1-4(14)11-5-2-6-9-3-10-13(6)7(8)12-5/h2-3H,1H3,(H2,8,12)(H,11,14). The zero-order valence-electron chi connectivity index (χ0n) is 7.43. The average Bonchev–Trinajstić information content (AvgIpc) is 2.50. The molecular formula is C7H8N6O. The fourth-order valence-electron chi connectivity index (χ4n) is 1.10. The van der Waals surface area contributed by atoms with Gasteiger partial charge in [0.15, 0.2) is 5.65 Å². The molecule has 2 aromatic rings. The molecule has 72 valence electrons. The number of nitrogen functional groups attached to an aromatic ring is 1. The van der Waals surface area contributed by atoms with Gasteiger partial charge in [-0.1, -0.05) is 0 Å². The number of anilines is 2. The molecule has 7 heteroatoms. The Labute approximate surface area is 79.0 Å². The first-order valence-corrected chi connectivity index (χ1v) is 3.90. The lowest BCUT2D eigenvalue weighted by molar-refractivity contribution is -0.114. The molecule has 3 N–H and O–H groups in total. The van der Waals surface area contributed by atoms with E-state index in [0.717, 1.165) is 0 Å². The van der Waals surface area contributed by atoms with Crippen LogP contribution in [0.15, 0.2) is 12.4 Å². The number of hydrogen-bond donors (Lipinski definition) is 2. The van der Waals surface area contributed by atoms with E-state index in [1.807, 2.05) is 0 Å². The van der Waals surface area contributed by atoms with E-state index in [2.05, 4.69) is 20.4 Å². The first kappa shape index (κ1) is 8.42. The van der Waals surface area contributed by atoms with Gasteiger partial charge in [-0.05, 0) is 0 Å². The van der Waals surface area contributed by atoms with Gasteiger partial charge < -0.3 is 11.1 Å². The second-order valence-corrected chi connectivity index (χ2v) is 2.71. The van der Waals surface area contributed by atoms with Crippen molar-refractivity contribution in [3.05, 3.63) is 12.4 Å². The Morgan fingerprint density at radius 2 is 2.43 bits per heavy atom. The zero-order valence-corrected chi connectivity index (χ0v) is 7.43. The predicted octanol–water partition coefficient (Wildman–Crippen LogP) is -0.335. The van der Waals surface area contributed by atoms with Crippen molar-refractivity contribution in [1.29, 1.82) is 0 Å². The van der Waals surface area contributed by atoms with Crippen LogP contribution in [0.3, 0.4) is 0 Å². The van der Waals surface area contributed by atoms with Gasteiger partial charge in [-0.3, -0.25) is 4.79 Å². The molecule has 0 bridgehead atoms. The molecule has 0 aromatic carbocycles. The van der Waals surface area contributed by atoms with Crippen molar-refractivity contribution in [2.75, 3.05) is 11.1 Å². The molecule has 2 aromatic heterocycles. The number of carbonyl (C=O) groups is 1. The third-order valence-corrected chi connectivity index (χ3v) is 1.60. The molecule has 2 rings (SSSR count). The number of fused-ring (bicyclic) bond motifs is 1. The largest absolute Gasteiger partial charge is 0.368 e. The van der Waals surface area contributed by atoms with Crippen LogP contribution >= 0.6 is 0 Å². The third-order valence-electron chi connectivity index (χ3n) is 1.60. The smallest absolute Gasteiger partial charge is 0.225 e. The minimum absolute atomic E-state index is 0.184. The summed E-state index contributed by atoms with van der Waals surface area (Å²) in [5.74, 6) is 0.347. The first-order valence-electron chi connectivity index (χ1n) is 3.90. The zero-order chi connectivity index (χ0) is 10.1. The van der Waals surface area contributed by atoms with E-state index < -0.39 is 0 Å². The summed E-state index contributed by atoms with van der Waals surface area (Å²) < 4.78 is 1.38. The Morgan fingerprint density at radius 3 is 3.14 bits per heavy atom. The van der Waals surface area contributed by atoms with Gasteiger partial charge in [0, 0.05) is 13.0 Å². The van der Waals surface area contributed by atoms with Crippen molar-refractivity contribution in [3.63, 3.8) is 0 Å². The number of carbonyl (C=O) groups excluding carboxylic acids is 1. The van der Waals surface area contributed by atoms with Crippen LogP contribution in [0.5, 0.6) is 0 Å². The van der Waals surface area contributed by atoms with Gasteiger partial charge in [0.2, 0.25) is 11.9 Å². The lowest BCUT2D eigenvalue weighted by Crippen LogP contribution is -2.10. The van der Waals surface area contributed by atoms with E-state index in [0.29, 0.717) is 11.5 Å². The van der Waals surface area contributed by atoms with Gasteiger partial charge >= 0.3 is 0 Å². The summed E-state index contributed by atoms with van der Waals surface area (Å²) in [4.78, 5) is 18.6. The van der Waals surface area contributed by atoms with Gasteiger partial charge in [-0.15, -0.1) is 0 Å². The molecule has 2 heterocycles. The fraction of sp³-hybridized carbons (Fsp3) is 0.143. The number of aromatic nitrogens is 4. The van der Waals surface area contributed by atoms with Gasteiger partial charge in [-0.2, -0.15) is 14.6 Å². The number of nitrogens with zero attached hydrogens (tertiary/aromatic N) is 4. The summed E-state index contributed by atoms with van der Waals surface area (Å²) in [6, 6.07) is 1.59. The molecule has 14 heavy (non-hydrogen) atoms. The summed E-state index contributed by atoms with van der Waals surface area (Å²) in [7, 11) is 0. The molecule has 0 aliphatic heterocycles. The maximum absolute atomic E-state index is 10.8. The van der Waals surface area contributed by atoms with Crippen LogP contribution in [0.2, 0.25) is 0 Å². The highest BCUT2D eigenvalue weighted by Gasteiger charge is 2.04. The number of amides is 1. The molecule has 0 radical (unpaired) electrons. The van der Waals surface area contributed by atoms with Crippen molar-refractivity contribution >= 4 is 23.3 Å². The van der Waals surface area contributed by atoms with E-state index in [1.54, 1.807) is 6.07 Å². The summed E-state index contributed by atoms with van der Waals surface area (Å²) in [6.07, 6.45) is 1.37. The van der Waals surface area contributed by atoms with Crippen LogP contribution in [-0.2, 0) is 4.79 Å². The average molecular weight is 192 g/mol. The second-order valence-electron chi connectivity index (χ2n) is 2.71. The van der Waals surface area contributed by atoms with Crippen molar-refractivity contribution in [3.8, 4) is 0 Å². The van der Waals surface area contributed by atoms with Crippen LogP contribution in [0.4, 0.5) is 11.8 Å². The van der Waals surface area contributed by atoms with E-state index in [4.69, 9.17) is 5.73 Å². The first-order chi connectivity index (χ1) is 6.66. The molecule has 1 amide bonds. The summed E-state index contributed by atoms with van der Waals surface area (Å²) in [6.45, 7) is 1.39. The normalized spacial score (nSPS) is 10.4. The molecule has 0 aliphatic carbocycles. The number of hydrogen-bond acceptors (Lipinski definition) is 5. The third kappa shape index (κ3) is 1.35. The topological polar surface area (TPSA) is 98.2 Å². The maximum Gasteiger partial charge on any atom is 0.225 e. The molecule has 0 spiro atoms. The van der Waals surface area contributed by atoms with Crippen molar-refractivity contribution in [2.24, 2.45) is 0 Å². The number of nitrogens with two attached hydrogens (primary N) is 1. The van der Waals surface area contributed by atoms with Crippen molar-refractivity contribution in [2.45, 2.75) is 6.92 Å². The highest BCUT2D eigenvalue weighted by atomic mass is 16.1. The minimum atomic E-state index is -0.208. The van der Waals surface area contributed by atoms with Crippen LogP contribution in [0.1, 0.15) is 6.92 Å². The van der Waals surface area contributed by atoms with Gasteiger partial charge in [0.05, 0.1) is 0 Å². The van der Waals surface area contributed by atoms with Crippen LogP contribution in [0.25, 0.3) is 5.65 Å². The number of rotatable bonds is 1. The predicted molar refractivity (Wildman–Crippen MR) is 49.5 cm³/mol. The molecule has 0 aliphatic rings. The fourth-order valence-corrected chi connectivity index (χ4v) is 1.10. The summed E-state index contributed by atoms with van der Waals surface area (Å²) in [5.41, 5.74) is 6.12. The Morgan fingerprint density at radius 1 is 1.64 bits per heavy atom. The molecule has 0 saturated heterocycles. The van der Waals surface area contributed by atoms with E-state index >= 15 is 0 Å². The van der Waals surface area contributed by atoms with E-state index in [-0.39, 0.29) is 11.9 Å². The Hall–Kier alpha value is -2.18. The minimum Gasteiger partial charge on any atom is -0.368 e. The van der Waals surface area contributed by atoms with E-state index in [1.165, 1.54) is 17.8 Å². The van der Waals surface area contributed by atoms with Gasteiger partial charge in [0.25, 0.3) is 0 Å². The lowest BCUT2D eigenvalue weighted by Gasteiger charge is -2.02. The monoisotopic (exact) mass is 192 g/mol. The summed E-state index contributed by atoms with van der Waals surface area (Å²) in [5, 5.41) is 6.36. The Kier molecular flexibility index (Phi) is 1.77. The molecule has 0 saturated carbocycles. The SMILES string of the molecule is CC(=O)Nc1cc2ncnn2c(N)n1. The van der Waals surface area contributed by atoms with E-state index in [9.17, 15) is 4.79 Å². The highest BCUT2D eigenvalue weighted by molar-refractivity contribution is 5.88.